The number of benzene rings is 1. The van der Waals surface area contributed by atoms with E-state index >= 15 is 0 Å². The van der Waals surface area contributed by atoms with Crippen molar-refractivity contribution in [2.45, 2.75) is 13.3 Å². The van der Waals surface area contributed by atoms with Gasteiger partial charge in [0.25, 0.3) is 0 Å². The van der Waals surface area contributed by atoms with Crippen LogP contribution >= 0.6 is 11.3 Å². The number of carbonyl (C=O) groups is 2. The first-order valence-corrected chi connectivity index (χ1v) is 11.3. The number of nitrogens with zero attached hydrogens (tertiary/aromatic N) is 4. The molecule has 2 saturated heterocycles. The Bertz CT molecular complexity index is 869. The van der Waals surface area contributed by atoms with Gasteiger partial charge in [-0.2, -0.15) is 0 Å². The number of carbonyl (C=O) groups excluding carboxylic acids is 2. The van der Waals surface area contributed by atoms with Gasteiger partial charge in [-0.25, -0.2) is 4.98 Å². The number of aromatic nitrogens is 1. The van der Waals surface area contributed by atoms with E-state index in [0.29, 0.717) is 52.4 Å². The second-order valence-corrected chi connectivity index (χ2v) is 8.84. The predicted molar refractivity (Wildman–Crippen MR) is 116 cm³/mol. The summed E-state index contributed by atoms with van der Waals surface area (Å²) >= 11 is 1.64. The zero-order valence-corrected chi connectivity index (χ0v) is 18.2. The predicted octanol–water partition coefficient (Wildman–Crippen LogP) is 1.66. The molecule has 8 heteroatoms. The number of thiazole rings is 1. The van der Waals surface area contributed by atoms with Gasteiger partial charge in [-0.1, -0.05) is 24.3 Å². The highest BCUT2D eigenvalue weighted by molar-refractivity contribution is 7.09. The second-order valence-electron chi connectivity index (χ2n) is 7.78. The lowest BCUT2D eigenvalue weighted by Gasteiger charge is -2.36. The minimum atomic E-state index is 0.145. The third-order valence-corrected chi connectivity index (χ3v) is 6.45. The molecule has 0 bridgehead atoms. The molecule has 2 aromatic rings. The minimum absolute atomic E-state index is 0.145. The highest BCUT2D eigenvalue weighted by atomic mass is 32.1. The Morgan fingerprint density at radius 2 is 1.63 bits per heavy atom. The molecule has 0 N–H and O–H groups in total. The van der Waals surface area contributed by atoms with E-state index in [0.717, 1.165) is 34.9 Å². The molecule has 0 unspecified atom stereocenters. The molecule has 2 aliphatic rings. The van der Waals surface area contributed by atoms with Crippen LogP contribution in [0.15, 0.2) is 29.6 Å². The fraction of sp³-hybridized carbons (Fsp3) is 0.500. The average Bonchev–Trinajstić information content (AvgIpc) is 3.21. The summed E-state index contributed by atoms with van der Waals surface area (Å²) in [6.45, 7) is 7.86. The summed E-state index contributed by atoms with van der Waals surface area (Å²) in [5.74, 6) is 0.305. The maximum atomic E-state index is 12.7. The highest BCUT2D eigenvalue weighted by Gasteiger charge is 2.25. The zero-order valence-electron chi connectivity index (χ0n) is 17.4. The van der Waals surface area contributed by atoms with Crippen molar-refractivity contribution < 1.29 is 14.3 Å². The van der Waals surface area contributed by atoms with E-state index in [1.165, 1.54) is 0 Å². The van der Waals surface area contributed by atoms with Crippen molar-refractivity contribution in [3.05, 3.63) is 40.2 Å². The number of hydrogen-bond acceptors (Lipinski definition) is 6. The number of amides is 2. The van der Waals surface area contributed by atoms with Crippen LogP contribution in [0.2, 0.25) is 0 Å². The first-order valence-electron chi connectivity index (χ1n) is 10.5. The van der Waals surface area contributed by atoms with Crippen LogP contribution in [-0.2, 0) is 20.7 Å². The Labute approximate surface area is 181 Å². The van der Waals surface area contributed by atoms with Gasteiger partial charge in [-0.15, -0.1) is 11.3 Å². The van der Waals surface area contributed by atoms with Gasteiger partial charge in [0.05, 0.1) is 36.9 Å². The molecule has 2 aliphatic heterocycles. The molecule has 4 rings (SSSR count). The molecule has 7 nitrogen and oxygen atoms in total. The summed E-state index contributed by atoms with van der Waals surface area (Å²) in [5.41, 5.74) is 3.08. The van der Waals surface area contributed by atoms with Crippen molar-refractivity contribution in [2.24, 2.45) is 0 Å². The third kappa shape index (κ3) is 5.24. The smallest absolute Gasteiger partial charge is 0.236 e. The second kappa shape index (κ2) is 9.68. The van der Waals surface area contributed by atoms with E-state index in [9.17, 15) is 9.59 Å². The Morgan fingerprint density at radius 3 is 2.27 bits per heavy atom. The Hall–Kier alpha value is -2.29. The maximum absolute atomic E-state index is 12.7. The molecule has 160 valence electrons. The van der Waals surface area contributed by atoms with Gasteiger partial charge in [0.15, 0.2) is 0 Å². The number of hydrogen-bond donors (Lipinski definition) is 0. The Kier molecular flexibility index (Phi) is 6.76. The molecule has 0 aliphatic carbocycles. The molecule has 0 spiro atoms. The monoisotopic (exact) mass is 428 g/mol. The van der Waals surface area contributed by atoms with Gasteiger partial charge >= 0.3 is 0 Å². The highest BCUT2D eigenvalue weighted by Crippen LogP contribution is 2.22. The summed E-state index contributed by atoms with van der Waals surface area (Å²) in [7, 11) is 0. The molecule has 2 fully saturated rings. The quantitative estimate of drug-likeness (QED) is 0.725. The lowest BCUT2D eigenvalue weighted by atomic mass is 10.1. The van der Waals surface area contributed by atoms with Gasteiger partial charge in [-0.05, 0) is 12.5 Å². The van der Waals surface area contributed by atoms with E-state index < -0.39 is 0 Å². The lowest BCUT2D eigenvalue weighted by molar-refractivity contribution is -0.137. The standard InChI is InChI=1S/C22H28N4O3S/c1-17-23-20(16-30-17)19-4-2-18(3-5-19)14-21(27)25-8-6-24(7-9-25)15-22(28)26-10-12-29-13-11-26/h2-5,16H,6-15H2,1H3. The Balaban J connectivity index is 1.23. The molecular formula is C22H28N4O3S. The number of rotatable bonds is 5. The van der Waals surface area contributed by atoms with Crippen molar-refractivity contribution in [3.8, 4) is 11.3 Å². The first kappa shape index (κ1) is 21.0. The average molecular weight is 429 g/mol. The van der Waals surface area contributed by atoms with E-state index in [1.54, 1.807) is 11.3 Å². The zero-order chi connectivity index (χ0) is 20.9. The number of aryl methyl sites for hydroxylation is 1. The van der Waals surface area contributed by atoms with Gasteiger partial charge < -0.3 is 14.5 Å². The first-order chi connectivity index (χ1) is 14.6. The third-order valence-electron chi connectivity index (χ3n) is 5.67. The van der Waals surface area contributed by atoms with Crippen LogP contribution in [0.3, 0.4) is 0 Å². The normalized spacial score (nSPS) is 17.9. The lowest BCUT2D eigenvalue weighted by Crippen LogP contribution is -2.52. The van der Waals surface area contributed by atoms with Gasteiger partial charge in [0.1, 0.15) is 0 Å². The van der Waals surface area contributed by atoms with Crippen LogP contribution in [0.4, 0.5) is 0 Å². The molecule has 2 amide bonds. The summed E-state index contributed by atoms with van der Waals surface area (Å²) in [6, 6.07) is 8.09. The van der Waals surface area contributed by atoms with Crippen LogP contribution in [0.25, 0.3) is 11.3 Å². The van der Waals surface area contributed by atoms with Gasteiger partial charge in [0, 0.05) is 50.2 Å². The number of piperazine rings is 1. The van der Waals surface area contributed by atoms with Crippen LogP contribution < -0.4 is 0 Å². The largest absolute Gasteiger partial charge is 0.378 e. The summed E-state index contributed by atoms with van der Waals surface area (Å²) < 4.78 is 5.30. The number of morpholine rings is 1. The fourth-order valence-corrected chi connectivity index (χ4v) is 4.46. The molecule has 0 saturated carbocycles. The van der Waals surface area contributed by atoms with Gasteiger partial charge in [0.2, 0.25) is 11.8 Å². The maximum Gasteiger partial charge on any atom is 0.236 e. The summed E-state index contributed by atoms with van der Waals surface area (Å²) in [5, 5.41) is 3.11. The van der Waals surface area contributed by atoms with Crippen LogP contribution in [0.5, 0.6) is 0 Å². The van der Waals surface area contributed by atoms with Crippen LogP contribution in [0.1, 0.15) is 10.6 Å². The molecular weight excluding hydrogens is 400 g/mol. The molecule has 1 aromatic carbocycles. The van der Waals surface area contributed by atoms with Crippen LogP contribution in [0, 0.1) is 6.92 Å². The van der Waals surface area contributed by atoms with Crippen molar-refractivity contribution in [2.75, 3.05) is 59.0 Å². The van der Waals surface area contributed by atoms with Crippen LogP contribution in [-0.4, -0.2) is 90.5 Å². The number of ether oxygens (including phenoxy) is 1. The van der Waals surface area contributed by atoms with Crippen molar-refractivity contribution >= 4 is 23.2 Å². The van der Waals surface area contributed by atoms with E-state index in [4.69, 9.17) is 4.74 Å². The fourth-order valence-electron chi connectivity index (χ4n) is 3.84. The molecule has 3 heterocycles. The SMILES string of the molecule is Cc1nc(-c2ccc(CC(=O)N3CCN(CC(=O)N4CCOCC4)CC3)cc2)cs1. The Morgan fingerprint density at radius 1 is 0.967 bits per heavy atom. The molecule has 30 heavy (non-hydrogen) atoms. The van der Waals surface area contributed by atoms with Crippen molar-refractivity contribution in [1.82, 2.24) is 19.7 Å². The summed E-state index contributed by atoms with van der Waals surface area (Å²) in [6.07, 6.45) is 0.406. The topological polar surface area (TPSA) is 66.0 Å². The minimum Gasteiger partial charge on any atom is -0.378 e. The van der Waals surface area contributed by atoms with Crippen molar-refractivity contribution in [1.29, 1.82) is 0 Å². The summed E-state index contributed by atoms with van der Waals surface area (Å²) in [4.78, 5) is 35.5. The van der Waals surface area contributed by atoms with E-state index in [2.05, 4.69) is 15.3 Å². The van der Waals surface area contributed by atoms with Gasteiger partial charge in [-0.3, -0.25) is 14.5 Å². The molecule has 0 atom stereocenters. The van der Waals surface area contributed by atoms with E-state index in [1.807, 2.05) is 41.0 Å². The van der Waals surface area contributed by atoms with Crippen molar-refractivity contribution in [3.63, 3.8) is 0 Å². The van der Waals surface area contributed by atoms with E-state index in [-0.39, 0.29) is 11.8 Å². The molecule has 1 aromatic heterocycles. The molecule has 0 radical (unpaired) electrons.